The maximum absolute atomic E-state index is 10.1. The molecule has 16 heavy (non-hydrogen) atoms. The number of hydrogen-bond acceptors (Lipinski definition) is 3. The molecule has 2 rings (SSSR count). The predicted octanol–water partition coefficient (Wildman–Crippen LogP) is 2.18. The van der Waals surface area contributed by atoms with Crippen LogP contribution in [0.3, 0.4) is 0 Å². The molecule has 0 aromatic carbocycles. The highest BCUT2D eigenvalue weighted by molar-refractivity contribution is 5.25. The van der Waals surface area contributed by atoms with Crippen molar-refractivity contribution in [2.75, 3.05) is 0 Å². The molecule has 0 aliphatic carbocycles. The van der Waals surface area contributed by atoms with Crippen molar-refractivity contribution in [3.05, 3.63) is 59.2 Å². The lowest BCUT2D eigenvalue weighted by Gasteiger charge is -2.10. The summed E-state index contributed by atoms with van der Waals surface area (Å²) in [5, 5.41) is 10.1. The summed E-state index contributed by atoms with van der Waals surface area (Å²) in [6, 6.07) is 9.37. The molecule has 0 aliphatic heterocycles. The molecule has 0 aliphatic rings. The first-order chi connectivity index (χ1) is 7.66. The molecular formula is C13H14N2O. The lowest BCUT2D eigenvalue weighted by atomic mass is 10.1. The summed E-state index contributed by atoms with van der Waals surface area (Å²) in [4.78, 5) is 8.45. The third kappa shape index (κ3) is 2.25. The summed E-state index contributed by atoms with van der Waals surface area (Å²) in [6.07, 6.45) is 0.984. The molecule has 2 aromatic rings. The van der Waals surface area contributed by atoms with Crippen molar-refractivity contribution in [1.82, 2.24) is 9.97 Å². The molecule has 0 spiro atoms. The van der Waals surface area contributed by atoms with Crippen molar-refractivity contribution in [2.45, 2.75) is 20.0 Å². The van der Waals surface area contributed by atoms with Crippen LogP contribution in [0.1, 0.15) is 28.7 Å². The minimum Gasteiger partial charge on any atom is -0.382 e. The van der Waals surface area contributed by atoms with Crippen LogP contribution in [-0.4, -0.2) is 15.1 Å². The van der Waals surface area contributed by atoms with E-state index in [4.69, 9.17) is 0 Å². The molecule has 1 atom stereocenters. The molecule has 0 radical (unpaired) electrons. The first-order valence-corrected chi connectivity index (χ1v) is 5.21. The fourth-order valence-corrected chi connectivity index (χ4v) is 1.53. The number of nitrogens with zero attached hydrogens (tertiary/aromatic N) is 2. The second kappa shape index (κ2) is 4.41. The second-order valence-corrected chi connectivity index (χ2v) is 3.84. The van der Waals surface area contributed by atoms with Crippen LogP contribution >= 0.6 is 0 Å². The molecule has 3 heteroatoms. The molecule has 82 valence electrons. The highest BCUT2D eigenvalue weighted by atomic mass is 16.3. The van der Waals surface area contributed by atoms with Gasteiger partial charge >= 0.3 is 0 Å². The molecule has 3 nitrogen and oxygen atoms in total. The van der Waals surface area contributed by atoms with Crippen LogP contribution in [0, 0.1) is 13.8 Å². The van der Waals surface area contributed by atoms with Gasteiger partial charge in [-0.05, 0) is 32.0 Å². The van der Waals surface area contributed by atoms with Gasteiger partial charge in [-0.1, -0.05) is 12.1 Å². The summed E-state index contributed by atoms with van der Waals surface area (Å²) in [7, 11) is 0. The van der Waals surface area contributed by atoms with E-state index in [1.807, 2.05) is 44.2 Å². The Bertz CT molecular complexity index is 480. The van der Waals surface area contributed by atoms with Crippen molar-refractivity contribution in [3.8, 4) is 0 Å². The number of aryl methyl sites for hydroxylation is 2. The number of hydrogen-bond donors (Lipinski definition) is 1. The average molecular weight is 214 g/mol. The van der Waals surface area contributed by atoms with Gasteiger partial charge in [0.25, 0.3) is 0 Å². The topological polar surface area (TPSA) is 46.0 Å². The van der Waals surface area contributed by atoms with Gasteiger partial charge in [-0.3, -0.25) is 9.97 Å². The smallest absolute Gasteiger partial charge is 0.122 e. The summed E-state index contributed by atoms with van der Waals surface area (Å²) < 4.78 is 0. The SMILES string of the molecule is Cc1ccc(C(O)c2cccc(C)n2)cn1. The minimum atomic E-state index is -0.701. The van der Waals surface area contributed by atoms with Gasteiger partial charge in [-0.2, -0.15) is 0 Å². The van der Waals surface area contributed by atoms with Crippen LogP contribution in [0.5, 0.6) is 0 Å². The van der Waals surface area contributed by atoms with Crippen molar-refractivity contribution in [1.29, 1.82) is 0 Å². The zero-order valence-corrected chi connectivity index (χ0v) is 9.38. The predicted molar refractivity (Wildman–Crippen MR) is 62.0 cm³/mol. The Kier molecular flexibility index (Phi) is 2.97. The normalized spacial score (nSPS) is 12.4. The average Bonchev–Trinajstić information content (AvgIpc) is 2.29. The second-order valence-electron chi connectivity index (χ2n) is 3.84. The van der Waals surface area contributed by atoms with Crippen LogP contribution in [0.15, 0.2) is 36.5 Å². The molecule has 1 N–H and O–H groups in total. The Morgan fingerprint density at radius 2 is 1.88 bits per heavy atom. The fraction of sp³-hybridized carbons (Fsp3) is 0.231. The van der Waals surface area contributed by atoms with E-state index in [2.05, 4.69) is 9.97 Å². The van der Waals surface area contributed by atoms with Gasteiger partial charge in [0, 0.05) is 23.1 Å². The van der Waals surface area contributed by atoms with E-state index >= 15 is 0 Å². The van der Waals surface area contributed by atoms with Crippen LogP contribution in [0.25, 0.3) is 0 Å². The number of rotatable bonds is 2. The third-order valence-corrected chi connectivity index (χ3v) is 2.44. The number of pyridine rings is 2. The standard InChI is InChI=1S/C13H14N2O/c1-9-6-7-11(8-14-9)13(16)12-5-3-4-10(2)15-12/h3-8,13,16H,1-2H3. The summed E-state index contributed by atoms with van der Waals surface area (Å²) in [5.74, 6) is 0. The maximum atomic E-state index is 10.1. The number of aromatic nitrogens is 2. The minimum absolute atomic E-state index is 0.658. The highest BCUT2D eigenvalue weighted by Gasteiger charge is 2.11. The zero-order chi connectivity index (χ0) is 11.5. The van der Waals surface area contributed by atoms with Crippen LogP contribution in [0.2, 0.25) is 0 Å². The van der Waals surface area contributed by atoms with Gasteiger partial charge in [0.2, 0.25) is 0 Å². The van der Waals surface area contributed by atoms with Gasteiger partial charge < -0.3 is 5.11 Å². The first-order valence-electron chi connectivity index (χ1n) is 5.21. The van der Waals surface area contributed by atoms with E-state index in [-0.39, 0.29) is 0 Å². The Morgan fingerprint density at radius 1 is 1.06 bits per heavy atom. The van der Waals surface area contributed by atoms with Crippen LogP contribution in [0.4, 0.5) is 0 Å². The van der Waals surface area contributed by atoms with Crippen molar-refractivity contribution < 1.29 is 5.11 Å². The van der Waals surface area contributed by atoms with E-state index in [9.17, 15) is 5.11 Å². The highest BCUT2D eigenvalue weighted by Crippen LogP contribution is 2.19. The number of aliphatic hydroxyl groups is 1. The van der Waals surface area contributed by atoms with Crippen molar-refractivity contribution in [2.24, 2.45) is 0 Å². The molecule has 0 saturated heterocycles. The zero-order valence-electron chi connectivity index (χ0n) is 9.38. The summed E-state index contributed by atoms with van der Waals surface area (Å²) in [5.41, 5.74) is 3.26. The Morgan fingerprint density at radius 3 is 2.50 bits per heavy atom. The van der Waals surface area contributed by atoms with Gasteiger partial charge in [0.1, 0.15) is 6.10 Å². The lowest BCUT2D eigenvalue weighted by Crippen LogP contribution is -2.03. The summed E-state index contributed by atoms with van der Waals surface area (Å²) >= 11 is 0. The molecule has 0 amide bonds. The quantitative estimate of drug-likeness (QED) is 0.833. The monoisotopic (exact) mass is 214 g/mol. The molecule has 0 saturated carbocycles. The molecule has 0 bridgehead atoms. The molecule has 2 heterocycles. The van der Waals surface area contributed by atoms with Crippen molar-refractivity contribution >= 4 is 0 Å². The van der Waals surface area contributed by atoms with E-state index in [0.29, 0.717) is 5.69 Å². The Labute approximate surface area is 94.8 Å². The van der Waals surface area contributed by atoms with E-state index in [0.717, 1.165) is 17.0 Å². The van der Waals surface area contributed by atoms with Gasteiger partial charge in [0.15, 0.2) is 0 Å². The van der Waals surface area contributed by atoms with E-state index in [1.165, 1.54) is 0 Å². The Hall–Kier alpha value is -1.74. The summed E-state index contributed by atoms with van der Waals surface area (Å²) in [6.45, 7) is 3.82. The molecule has 0 fully saturated rings. The molecule has 2 aromatic heterocycles. The third-order valence-electron chi connectivity index (χ3n) is 2.44. The largest absolute Gasteiger partial charge is 0.382 e. The molecular weight excluding hydrogens is 200 g/mol. The van der Waals surface area contributed by atoms with Crippen LogP contribution < -0.4 is 0 Å². The van der Waals surface area contributed by atoms with Gasteiger partial charge in [-0.25, -0.2) is 0 Å². The number of aliphatic hydroxyl groups excluding tert-OH is 1. The first kappa shape index (κ1) is 10.8. The Balaban J connectivity index is 2.31. The van der Waals surface area contributed by atoms with E-state index < -0.39 is 6.10 Å². The van der Waals surface area contributed by atoms with Crippen LogP contribution in [-0.2, 0) is 0 Å². The maximum Gasteiger partial charge on any atom is 0.122 e. The lowest BCUT2D eigenvalue weighted by molar-refractivity contribution is 0.214. The van der Waals surface area contributed by atoms with Crippen molar-refractivity contribution in [3.63, 3.8) is 0 Å². The fourth-order valence-electron chi connectivity index (χ4n) is 1.53. The molecule has 1 unspecified atom stereocenters. The van der Waals surface area contributed by atoms with Gasteiger partial charge in [-0.15, -0.1) is 0 Å². The van der Waals surface area contributed by atoms with E-state index in [1.54, 1.807) is 6.20 Å². The van der Waals surface area contributed by atoms with Gasteiger partial charge in [0.05, 0.1) is 5.69 Å².